The van der Waals surface area contributed by atoms with Crippen LogP contribution in [-0.4, -0.2) is 19.1 Å². The number of rotatable bonds is 5. The molecule has 0 aliphatic heterocycles. The molecule has 0 bridgehead atoms. The summed E-state index contributed by atoms with van der Waals surface area (Å²) in [5.74, 6) is 0.976. The number of furan rings is 1. The normalized spacial score (nSPS) is 10.8. The lowest BCUT2D eigenvalue weighted by atomic mass is 10.2. The molecule has 0 unspecified atom stereocenters. The molecular weight excluding hydrogens is 234 g/mol. The number of aromatic nitrogens is 1. The van der Waals surface area contributed by atoms with Crippen molar-refractivity contribution in [2.75, 3.05) is 19.0 Å². The number of hydrogen-bond acceptors (Lipinski definition) is 5. The van der Waals surface area contributed by atoms with Crippen molar-refractivity contribution in [3.05, 3.63) is 34.7 Å². The first-order valence-electron chi connectivity index (χ1n) is 5.54. The second kappa shape index (κ2) is 5.33. The van der Waals surface area contributed by atoms with Crippen LogP contribution in [0.5, 0.6) is 0 Å². The topological polar surface area (TPSA) is 41.3 Å². The molecule has 0 atom stereocenters. The number of aryl methyl sites for hydroxylation is 1. The second-order valence-electron chi connectivity index (χ2n) is 4.01. The van der Waals surface area contributed by atoms with E-state index in [2.05, 4.69) is 27.6 Å². The first kappa shape index (κ1) is 12.1. The molecule has 0 radical (unpaired) electrons. The number of nitrogens with zero attached hydrogens (tertiary/aromatic N) is 2. The average molecular weight is 251 g/mol. The Balaban J connectivity index is 2.04. The fraction of sp³-hybridized carbons (Fsp3) is 0.417. The predicted molar refractivity (Wildman–Crippen MR) is 70.4 cm³/mol. The molecule has 4 nitrogen and oxygen atoms in total. The molecule has 92 valence electrons. The van der Waals surface area contributed by atoms with Gasteiger partial charge in [-0.3, -0.25) is 0 Å². The standard InChI is InChI=1S/C12H17N3OS/c1-9-10(4-5-16-9)7-15(3)12-14-11(6-13-2)8-17-12/h4-5,8,13H,6-7H2,1-3H3. The zero-order chi connectivity index (χ0) is 12.3. The largest absolute Gasteiger partial charge is 0.469 e. The molecule has 0 aliphatic rings. The number of hydrogen-bond donors (Lipinski definition) is 1. The molecule has 0 aliphatic carbocycles. The lowest BCUT2D eigenvalue weighted by Crippen LogP contribution is -2.16. The Morgan fingerprint density at radius 2 is 2.35 bits per heavy atom. The molecule has 5 heteroatoms. The Morgan fingerprint density at radius 1 is 1.53 bits per heavy atom. The van der Waals surface area contributed by atoms with Crippen LogP contribution in [0.15, 0.2) is 22.1 Å². The Labute approximate surface area is 105 Å². The van der Waals surface area contributed by atoms with Crippen molar-refractivity contribution in [1.82, 2.24) is 10.3 Å². The lowest BCUT2D eigenvalue weighted by Gasteiger charge is -2.14. The predicted octanol–water partition coefficient (Wildman–Crippen LogP) is 2.40. The minimum Gasteiger partial charge on any atom is -0.469 e. The van der Waals surface area contributed by atoms with Crippen LogP contribution in [0.4, 0.5) is 5.13 Å². The van der Waals surface area contributed by atoms with Gasteiger partial charge < -0.3 is 14.6 Å². The van der Waals surface area contributed by atoms with Gasteiger partial charge in [-0.2, -0.15) is 0 Å². The smallest absolute Gasteiger partial charge is 0.185 e. The van der Waals surface area contributed by atoms with E-state index in [-0.39, 0.29) is 0 Å². The summed E-state index contributed by atoms with van der Waals surface area (Å²) >= 11 is 1.67. The van der Waals surface area contributed by atoms with Crippen molar-refractivity contribution < 1.29 is 4.42 Å². The molecule has 0 fully saturated rings. The molecule has 0 amide bonds. The van der Waals surface area contributed by atoms with E-state index in [4.69, 9.17) is 4.42 Å². The minimum absolute atomic E-state index is 0.815. The van der Waals surface area contributed by atoms with E-state index in [0.29, 0.717) is 0 Å². The van der Waals surface area contributed by atoms with Crippen molar-refractivity contribution in [3.63, 3.8) is 0 Å². The molecule has 0 aromatic carbocycles. The van der Waals surface area contributed by atoms with Crippen LogP contribution in [0.1, 0.15) is 17.0 Å². The SMILES string of the molecule is CNCc1csc(N(C)Cc2ccoc2C)n1. The van der Waals surface area contributed by atoms with E-state index in [1.54, 1.807) is 17.6 Å². The van der Waals surface area contributed by atoms with Gasteiger partial charge in [0, 0.05) is 31.1 Å². The first-order chi connectivity index (χ1) is 8.20. The first-order valence-corrected chi connectivity index (χ1v) is 6.41. The van der Waals surface area contributed by atoms with Crippen molar-refractivity contribution in [1.29, 1.82) is 0 Å². The Morgan fingerprint density at radius 3 is 3.00 bits per heavy atom. The van der Waals surface area contributed by atoms with E-state index in [1.807, 2.05) is 20.0 Å². The fourth-order valence-electron chi connectivity index (χ4n) is 1.63. The third-order valence-corrected chi connectivity index (χ3v) is 3.60. The molecule has 0 saturated carbocycles. The van der Waals surface area contributed by atoms with E-state index in [0.717, 1.165) is 29.7 Å². The van der Waals surface area contributed by atoms with E-state index in [1.165, 1.54) is 5.56 Å². The average Bonchev–Trinajstić information content (AvgIpc) is 2.90. The Hall–Kier alpha value is -1.33. The number of nitrogens with one attached hydrogen (secondary N) is 1. The molecule has 17 heavy (non-hydrogen) atoms. The van der Waals surface area contributed by atoms with Gasteiger partial charge in [0.25, 0.3) is 0 Å². The summed E-state index contributed by atoms with van der Waals surface area (Å²) in [4.78, 5) is 6.70. The zero-order valence-electron chi connectivity index (χ0n) is 10.4. The molecular formula is C12H17N3OS. The highest BCUT2D eigenvalue weighted by Crippen LogP contribution is 2.22. The molecule has 0 spiro atoms. The minimum atomic E-state index is 0.815. The van der Waals surface area contributed by atoms with Crippen molar-refractivity contribution in [3.8, 4) is 0 Å². The molecule has 1 N–H and O–H groups in total. The monoisotopic (exact) mass is 251 g/mol. The van der Waals surface area contributed by atoms with Gasteiger partial charge in [0.15, 0.2) is 5.13 Å². The number of thiazole rings is 1. The quantitative estimate of drug-likeness (QED) is 0.886. The van der Waals surface area contributed by atoms with Gasteiger partial charge >= 0.3 is 0 Å². The fourth-order valence-corrected chi connectivity index (χ4v) is 2.42. The number of anilines is 1. The van der Waals surface area contributed by atoms with Crippen molar-refractivity contribution >= 4 is 16.5 Å². The summed E-state index contributed by atoms with van der Waals surface area (Å²) in [6.45, 7) is 3.63. The van der Waals surface area contributed by atoms with Gasteiger partial charge in [-0.05, 0) is 20.0 Å². The Bertz CT molecular complexity index is 478. The van der Waals surface area contributed by atoms with Crippen LogP contribution in [0, 0.1) is 6.92 Å². The summed E-state index contributed by atoms with van der Waals surface area (Å²) in [7, 11) is 3.98. The van der Waals surface area contributed by atoms with Crippen LogP contribution in [-0.2, 0) is 13.1 Å². The maximum absolute atomic E-state index is 5.29. The van der Waals surface area contributed by atoms with E-state index >= 15 is 0 Å². The summed E-state index contributed by atoms with van der Waals surface area (Å²) in [5.41, 5.74) is 2.29. The maximum Gasteiger partial charge on any atom is 0.185 e. The van der Waals surface area contributed by atoms with Crippen LogP contribution >= 0.6 is 11.3 Å². The van der Waals surface area contributed by atoms with Gasteiger partial charge in [-0.15, -0.1) is 11.3 Å². The molecule has 2 heterocycles. The molecule has 2 rings (SSSR count). The summed E-state index contributed by atoms with van der Waals surface area (Å²) in [5, 5.41) is 6.23. The highest BCUT2D eigenvalue weighted by atomic mass is 32.1. The second-order valence-corrected chi connectivity index (χ2v) is 4.85. The molecule has 2 aromatic heterocycles. The molecule has 2 aromatic rings. The van der Waals surface area contributed by atoms with Crippen molar-refractivity contribution in [2.45, 2.75) is 20.0 Å². The maximum atomic E-state index is 5.29. The third kappa shape index (κ3) is 2.87. The highest BCUT2D eigenvalue weighted by Gasteiger charge is 2.09. The van der Waals surface area contributed by atoms with Gasteiger partial charge in [0.1, 0.15) is 5.76 Å². The Kier molecular flexibility index (Phi) is 3.81. The van der Waals surface area contributed by atoms with Crippen LogP contribution in [0.2, 0.25) is 0 Å². The van der Waals surface area contributed by atoms with Gasteiger partial charge in [0.05, 0.1) is 12.0 Å². The summed E-state index contributed by atoms with van der Waals surface area (Å²) in [6, 6.07) is 2.01. The highest BCUT2D eigenvalue weighted by molar-refractivity contribution is 7.13. The molecule has 0 saturated heterocycles. The van der Waals surface area contributed by atoms with Crippen LogP contribution in [0.25, 0.3) is 0 Å². The van der Waals surface area contributed by atoms with E-state index < -0.39 is 0 Å². The van der Waals surface area contributed by atoms with Gasteiger partial charge in [0.2, 0.25) is 0 Å². The van der Waals surface area contributed by atoms with Crippen LogP contribution in [0.3, 0.4) is 0 Å². The zero-order valence-corrected chi connectivity index (χ0v) is 11.2. The third-order valence-electron chi connectivity index (χ3n) is 2.60. The lowest BCUT2D eigenvalue weighted by molar-refractivity contribution is 0.529. The van der Waals surface area contributed by atoms with Crippen molar-refractivity contribution in [2.24, 2.45) is 0 Å². The van der Waals surface area contributed by atoms with E-state index in [9.17, 15) is 0 Å². The summed E-state index contributed by atoms with van der Waals surface area (Å²) < 4.78 is 5.29. The summed E-state index contributed by atoms with van der Waals surface area (Å²) in [6.07, 6.45) is 1.73. The van der Waals surface area contributed by atoms with Gasteiger partial charge in [-0.1, -0.05) is 0 Å². The van der Waals surface area contributed by atoms with Gasteiger partial charge in [-0.25, -0.2) is 4.98 Å². The van der Waals surface area contributed by atoms with Crippen LogP contribution < -0.4 is 10.2 Å².